The van der Waals surface area contributed by atoms with Crippen molar-refractivity contribution in [3.63, 3.8) is 0 Å². The molecule has 0 saturated carbocycles. The highest BCUT2D eigenvalue weighted by Crippen LogP contribution is 1.96. The number of aliphatic hydroxyl groups is 1. The van der Waals surface area contributed by atoms with Gasteiger partial charge < -0.3 is 14.9 Å². The lowest BCUT2D eigenvalue weighted by Crippen LogP contribution is -2.19. The molecule has 7 heteroatoms. The zero-order valence-corrected chi connectivity index (χ0v) is 13.5. The van der Waals surface area contributed by atoms with E-state index in [-0.39, 0.29) is 12.2 Å². The summed E-state index contributed by atoms with van der Waals surface area (Å²) in [4.78, 5) is 39.8. The molecule has 0 aliphatic carbocycles. The van der Waals surface area contributed by atoms with Crippen LogP contribution in [0.15, 0.2) is 0 Å². The predicted octanol–water partition coefficient (Wildman–Crippen LogP) is 1.35. The van der Waals surface area contributed by atoms with E-state index < -0.39 is 23.5 Å². The van der Waals surface area contributed by atoms with E-state index in [0.717, 1.165) is 19.8 Å². The number of ether oxygens (including phenoxy) is 1. The number of aliphatic hydroxyl groups excluding tert-OH is 1. The Morgan fingerprint density at radius 3 is 1.43 bits per heavy atom. The van der Waals surface area contributed by atoms with Gasteiger partial charge in [0, 0.05) is 13.8 Å². The van der Waals surface area contributed by atoms with Crippen LogP contribution in [-0.4, -0.2) is 45.9 Å². The highest BCUT2D eigenvalue weighted by molar-refractivity contribution is 6.32. The van der Waals surface area contributed by atoms with Crippen molar-refractivity contribution < 1.29 is 34.1 Å². The predicted molar refractivity (Wildman–Crippen MR) is 76.8 cm³/mol. The summed E-state index contributed by atoms with van der Waals surface area (Å²) in [7, 11) is 0. The molecule has 0 spiro atoms. The van der Waals surface area contributed by atoms with Crippen LogP contribution in [0.25, 0.3) is 0 Å². The Hall–Kier alpha value is -1.76. The van der Waals surface area contributed by atoms with Crippen LogP contribution in [0.4, 0.5) is 0 Å². The smallest absolute Gasteiger partial charge is 0.374 e. The molecule has 124 valence electrons. The fraction of sp³-hybridized carbons (Fsp3) is 0.714. The number of rotatable bonds is 5. The lowest BCUT2D eigenvalue weighted by molar-refractivity contribution is -0.156. The Labute approximate surface area is 125 Å². The summed E-state index contributed by atoms with van der Waals surface area (Å²) in [5.41, 5.74) is 0. The van der Waals surface area contributed by atoms with Crippen molar-refractivity contribution in [3.05, 3.63) is 0 Å². The van der Waals surface area contributed by atoms with Gasteiger partial charge >= 0.3 is 11.9 Å². The van der Waals surface area contributed by atoms with Gasteiger partial charge in [-0.1, -0.05) is 13.8 Å². The van der Waals surface area contributed by atoms with Gasteiger partial charge in [0.15, 0.2) is 0 Å². The van der Waals surface area contributed by atoms with E-state index >= 15 is 0 Å². The van der Waals surface area contributed by atoms with Crippen molar-refractivity contribution in [1.82, 2.24) is 0 Å². The van der Waals surface area contributed by atoms with Crippen molar-refractivity contribution in [2.24, 2.45) is 0 Å². The first kappa shape index (κ1) is 24.3. The first-order chi connectivity index (χ1) is 9.49. The number of Topliss-reactive ketones (excluding diaryl/α,β-unsaturated/α-hetero) is 2. The molecule has 0 bridgehead atoms. The van der Waals surface area contributed by atoms with Gasteiger partial charge in [-0.15, -0.1) is 0 Å². The molecule has 0 saturated heterocycles. The highest BCUT2D eigenvalue weighted by atomic mass is 16.5. The topological polar surface area (TPSA) is 118 Å². The van der Waals surface area contributed by atoms with Crippen LogP contribution in [0, 0.1) is 0 Å². The average molecular weight is 306 g/mol. The highest BCUT2D eigenvalue weighted by Gasteiger charge is 2.11. The summed E-state index contributed by atoms with van der Waals surface area (Å²) in [5.74, 6) is -3.49. The maximum atomic E-state index is 10.5. The summed E-state index contributed by atoms with van der Waals surface area (Å²) in [6.45, 7) is 9.57. The third-order valence-electron chi connectivity index (χ3n) is 2.06. The summed E-state index contributed by atoms with van der Waals surface area (Å²) in [6.07, 6.45) is 1.32. The fourth-order valence-corrected chi connectivity index (χ4v) is 0.349. The van der Waals surface area contributed by atoms with Gasteiger partial charge in [0.1, 0.15) is 0 Å². The molecule has 21 heavy (non-hydrogen) atoms. The standard InChI is InChI=1S/C7H12O3.C4H10O.C3H4O3/c1-4-5(2)10-7(9)6(3)8;1-3-4(2)5;1-2(4)3(5)6/h5H,4H2,1-3H3;4-5H,3H2,1-2H3;1H3,(H,5,6). The van der Waals surface area contributed by atoms with Crippen molar-refractivity contribution >= 4 is 23.5 Å². The minimum absolute atomic E-state index is 0.116. The number of carboxylic acids is 1. The third-order valence-corrected chi connectivity index (χ3v) is 2.06. The summed E-state index contributed by atoms with van der Waals surface area (Å²) < 4.78 is 4.67. The zero-order valence-electron chi connectivity index (χ0n) is 13.5. The van der Waals surface area contributed by atoms with Gasteiger partial charge in [-0.3, -0.25) is 9.59 Å². The van der Waals surface area contributed by atoms with E-state index in [1.54, 1.807) is 13.8 Å². The average Bonchev–Trinajstić information content (AvgIpc) is 2.39. The van der Waals surface area contributed by atoms with E-state index in [0.29, 0.717) is 0 Å². The molecule has 0 amide bonds. The van der Waals surface area contributed by atoms with Crippen molar-refractivity contribution in [3.8, 4) is 0 Å². The number of carbonyl (C=O) groups is 4. The van der Waals surface area contributed by atoms with Crippen molar-refractivity contribution in [1.29, 1.82) is 0 Å². The van der Waals surface area contributed by atoms with Gasteiger partial charge in [-0.05, 0) is 26.7 Å². The molecular weight excluding hydrogens is 280 g/mol. The maximum Gasteiger partial charge on any atom is 0.374 e. The van der Waals surface area contributed by atoms with Gasteiger partial charge in [0.25, 0.3) is 0 Å². The van der Waals surface area contributed by atoms with Gasteiger partial charge in [-0.2, -0.15) is 0 Å². The summed E-state index contributed by atoms with van der Waals surface area (Å²) in [6, 6.07) is 0. The molecule has 0 aromatic heterocycles. The molecule has 0 aliphatic rings. The van der Waals surface area contributed by atoms with Crippen molar-refractivity contribution in [2.75, 3.05) is 0 Å². The largest absolute Gasteiger partial charge is 0.476 e. The lowest BCUT2D eigenvalue weighted by atomic mass is 10.3. The minimum atomic E-state index is -1.38. The second-order valence-corrected chi connectivity index (χ2v) is 4.30. The Morgan fingerprint density at radius 1 is 0.952 bits per heavy atom. The molecule has 0 aromatic rings. The number of esters is 1. The van der Waals surface area contributed by atoms with E-state index in [4.69, 9.17) is 10.2 Å². The molecule has 0 radical (unpaired) electrons. The summed E-state index contributed by atoms with van der Waals surface area (Å²) in [5, 5.41) is 16.0. The first-order valence-electron chi connectivity index (χ1n) is 6.62. The minimum Gasteiger partial charge on any atom is -0.476 e. The molecule has 2 unspecified atom stereocenters. The Morgan fingerprint density at radius 2 is 1.29 bits per heavy atom. The van der Waals surface area contributed by atoms with E-state index in [1.165, 1.54) is 6.92 Å². The zero-order chi connectivity index (χ0) is 17.6. The number of hydrogen-bond acceptors (Lipinski definition) is 6. The Balaban J connectivity index is -0.000000252. The normalized spacial score (nSPS) is 11.6. The number of carboxylic acid groups (broad SMARTS) is 1. The van der Waals surface area contributed by atoms with E-state index in [1.807, 2.05) is 13.8 Å². The van der Waals surface area contributed by atoms with Gasteiger partial charge in [-0.25, -0.2) is 9.59 Å². The van der Waals surface area contributed by atoms with Crippen LogP contribution in [0.5, 0.6) is 0 Å². The molecule has 0 fully saturated rings. The quantitative estimate of drug-likeness (QED) is 0.581. The Kier molecular flexibility index (Phi) is 16.9. The van der Waals surface area contributed by atoms with E-state index in [2.05, 4.69) is 4.74 Å². The molecule has 0 rings (SSSR count). The second kappa shape index (κ2) is 14.6. The SMILES string of the molecule is CC(=O)C(=O)O.CCC(C)O.CCC(C)OC(=O)C(C)=O. The summed E-state index contributed by atoms with van der Waals surface area (Å²) >= 11 is 0. The number of hydrogen-bond donors (Lipinski definition) is 2. The van der Waals surface area contributed by atoms with E-state index in [9.17, 15) is 19.2 Å². The first-order valence-corrected chi connectivity index (χ1v) is 6.62. The molecule has 0 heterocycles. The second-order valence-electron chi connectivity index (χ2n) is 4.30. The Bertz CT molecular complexity index is 322. The fourth-order valence-electron chi connectivity index (χ4n) is 0.349. The molecule has 0 aliphatic heterocycles. The van der Waals surface area contributed by atoms with Crippen LogP contribution < -0.4 is 0 Å². The van der Waals surface area contributed by atoms with Crippen LogP contribution >= 0.6 is 0 Å². The van der Waals surface area contributed by atoms with Crippen molar-refractivity contribution in [2.45, 2.75) is 66.6 Å². The van der Waals surface area contributed by atoms with Gasteiger partial charge in [0.2, 0.25) is 11.6 Å². The van der Waals surface area contributed by atoms with Crippen LogP contribution in [0.2, 0.25) is 0 Å². The van der Waals surface area contributed by atoms with Crippen LogP contribution in [0.3, 0.4) is 0 Å². The number of ketones is 2. The monoisotopic (exact) mass is 306 g/mol. The maximum absolute atomic E-state index is 10.5. The number of carbonyl (C=O) groups excluding carboxylic acids is 3. The molecular formula is C14H26O7. The van der Waals surface area contributed by atoms with Gasteiger partial charge in [0.05, 0.1) is 12.2 Å². The van der Waals surface area contributed by atoms with Crippen LogP contribution in [0.1, 0.15) is 54.4 Å². The molecule has 2 atom stereocenters. The number of aliphatic carboxylic acids is 1. The third kappa shape index (κ3) is 23.7. The molecule has 7 nitrogen and oxygen atoms in total. The lowest BCUT2D eigenvalue weighted by Gasteiger charge is -2.07. The molecule has 0 aromatic carbocycles. The molecule has 2 N–H and O–H groups in total. The van der Waals surface area contributed by atoms with Crippen LogP contribution in [-0.2, 0) is 23.9 Å².